The number of amides is 1. The van der Waals surface area contributed by atoms with Crippen LogP contribution in [0.25, 0.3) is 0 Å². The number of fused-ring (bicyclic) bond motifs is 5. The zero-order valence-corrected chi connectivity index (χ0v) is 42.6. The molecule has 1 unspecified atom stereocenters. The van der Waals surface area contributed by atoms with Crippen LogP contribution in [0.15, 0.2) is 83.6 Å². The Balaban J connectivity index is 1.49. The first-order valence-electron chi connectivity index (χ1n) is 24.9. The molecule has 3 fully saturated rings. The Hall–Kier alpha value is -5.09. The molecule has 70 heavy (non-hydrogen) atoms. The molecule has 0 aromatic heterocycles. The third-order valence-electron chi connectivity index (χ3n) is 15.1. The second kappa shape index (κ2) is 21.7. The molecule has 15 nitrogen and oxygen atoms in total. The van der Waals surface area contributed by atoms with E-state index in [0.717, 1.165) is 38.5 Å². The van der Waals surface area contributed by atoms with Crippen LogP contribution in [0.5, 0.6) is 0 Å². The predicted molar refractivity (Wildman–Crippen MR) is 259 cm³/mol. The normalized spacial score (nSPS) is 30.2. The summed E-state index contributed by atoms with van der Waals surface area (Å²) in [5, 5.41) is 41.5. The summed E-state index contributed by atoms with van der Waals surface area (Å²) in [4.78, 5) is 70.6. The van der Waals surface area contributed by atoms with Crippen molar-refractivity contribution in [3.05, 3.63) is 94.8 Å². The molecule has 1 saturated heterocycles. The number of hydrogen-bond acceptors (Lipinski definition) is 14. The highest BCUT2D eigenvalue weighted by atomic mass is 16.6. The highest BCUT2D eigenvalue weighted by molar-refractivity contribution is 5.94. The van der Waals surface area contributed by atoms with E-state index in [1.807, 2.05) is 0 Å². The summed E-state index contributed by atoms with van der Waals surface area (Å²) in [7, 11) is 0. The molecule has 4 aliphatic rings. The van der Waals surface area contributed by atoms with Crippen LogP contribution in [0.3, 0.4) is 0 Å². The molecule has 2 saturated carbocycles. The fraction of sp³-hybridized carbons (Fsp3) is 0.618. The number of ether oxygens (including phenoxy) is 6. The first-order chi connectivity index (χ1) is 33.0. The topological polar surface area (TPSA) is 213 Å². The Morgan fingerprint density at radius 2 is 1.53 bits per heavy atom. The maximum absolute atomic E-state index is 15.3. The predicted octanol–water partition coefficient (Wildman–Crippen LogP) is 8.33. The number of benzene rings is 2. The Morgan fingerprint density at radius 1 is 0.914 bits per heavy atom. The number of esters is 3. The van der Waals surface area contributed by atoms with Gasteiger partial charge in [-0.1, -0.05) is 108 Å². The van der Waals surface area contributed by atoms with Crippen molar-refractivity contribution in [3.8, 4) is 0 Å². The maximum atomic E-state index is 15.3. The van der Waals surface area contributed by atoms with Gasteiger partial charge in [0, 0.05) is 31.6 Å². The summed E-state index contributed by atoms with van der Waals surface area (Å²) in [6.45, 7) is 16.3. The SMILES string of the molecule is C/C=C(\O[C@H]1C[C@@]2(O)[C@@H](OC(=O)c3ccccc3)C3[C@](C)(C(=O)[C@H](O)C(=C1C)C2(C)C)[C@@H](O)C[C@H]1OC[C@@]31OC(C)=O)[C@H](OC(=O)CCCCCCCCC)[C@@H](NC(=O)OC(C)(C)C)c1ccccc1. The van der Waals surface area contributed by atoms with Crippen LogP contribution < -0.4 is 5.32 Å². The highest BCUT2D eigenvalue weighted by Gasteiger charge is 2.78. The quantitative estimate of drug-likeness (QED) is 0.0364. The summed E-state index contributed by atoms with van der Waals surface area (Å²) < 4.78 is 37.7. The van der Waals surface area contributed by atoms with E-state index in [2.05, 4.69) is 12.2 Å². The molecule has 4 N–H and O–H groups in total. The first-order valence-corrected chi connectivity index (χ1v) is 24.9. The number of aliphatic hydroxyl groups excluding tert-OH is 2. The van der Waals surface area contributed by atoms with Gasteiger partial charge in [-0.15, -0.1) is 0 Å². The van der Waals surface area contributed by atoms with Crippen molar-refractivity contribution in [1.29, 1.82) is 0 Å². The fourth-order valence-corrected chi connectivity index (χ4v) is 11.4. The molecule has 1 amide bonds. The van der Waals surface area contributed by atoms with Gasteiger partial charge in [-0.3, -0.25) is 14.4 Å². The number of rotatable bonds is 18. The molecule has 0 radical (unpaired) electrons. The lowest BCUT2D eigenvalue weighted by Gasteiger charge is -2.67. The minimum absolute atomic E-state index is 0.0565. The molecule has 3 aliphatic carbocycles. The Morgan fingerprint density at radius 3 is 2.10 bits per heavy atom. The summed E-state index contributed by atoms with van der Waals surface area (Å²) in [5.74, 6) is -4.42. The fourth-order valence-electron chi connectivity index (χ4n) is 11.4. The molecular weight excluding hydrogens is 899 g/mol. The average molecular weight is 974 g/mol. The molecule has 6 rings (SSSR count). The zero-order chi connectivity index (χ0) is 51.4. The van der Waals surface area contributed by atoms with Crippen LogP contribution in [0.4, 0.5) is 4.79 Å². The first kappa shape index (κ1) is 54.2. The van der Waals surface area contributed by atoms with Gasteiger partial charge in [-0.25, -0.2) is 9.59 Å². The summed E-state index contributed by atoms with van der Waals surface area (Å²) >= 11 is 0. The van der Waals surface area contributed by atoms with Gasteiger partial charge in [0.25, 0.3) is 0 Å². The summed E-state index contributed by atoms with van der Waals surface area (Å²) in [6.07, 6.45) is -1.57. The Kier molecular flexibility index (Phi) is 16.8. The molecule has 11 atom stereocenters. The van der Waals surface area contributed by atoms with Crippen molar-refractivity contribution >= 4 is 29.8 Å². The molecule has 2 aromatic carbocycles. The van der Waals surface area contributed by atoms with Gasteiger partial charge in [0.1, 0.15) is 47.4 Å². The van der Waals surface area contributed by atoms with E-state index in [1.54, 1.807) is 103 Å². The maximum Gasteiger partial charge on any atom is 0.408 e. The minimum atomic E-state index is -2.27. The van der Waals surface area contributed by atoms with Crippen LogP contribution in [0.2, 0.25) is 0 Å². The van der Waals surface area contributed by atoms with E-state index in [-0.39, 0.29) is 42.8 Å². The molecule has 2 bridgehead atoms. The van der Waals surface area contributed by atoms with E-state index in [1.165, 1.54) is 26.0 Å². The molecule has 1 heterocycles. The number of aliphatic hydroxyl groups is 3. The van der Waals surface area contributed by atoms with Crippen molar-refractivity contribution in [2.75, 3.05) is 6.61 Å². The number of ketones is 1. The standard InChI is InChI=1S/C55H75NO14/c1-11-13-14-15-16-17-24-29-41(59)67-45(43(35-25-20-18-21-26-35)56-50(63)70-51(5,6)7)37(12-2)66-38-31-55(64)48(68-49(62)36-27-22-19-23-28-36)46-53(10,47(61)44(60)42(33(38)3)52(55,8)9)39(58)30-40-54(46,32-65-40)69-34(4)57/h12,18-23,25-28,38-40,43-46,48,58,60,64H,11,13-17,24,29-32H2,1-10H3,(H,56,63)/b37-12-/t38-,39-,40+,43-,44+,45-,46?,48-,53+,54-,55+/m0/s1. The summed E-state index contributed by atoms with van der Waals surface area (Å²) in [6, 6.07) is 15.9. The molecule has 1 aliphatic heterocycles. The summed E-state index contributed by atoms with van der Waals surface area (Å²) in [5.41, 5.74) is -7.36. The van der Waals surface area contributed by atoms with Crippen LogP contribution in [0.1, 0.15) is 155 Å². The number of carbonyl (C=O) groups excluding carboxylic acids is 5. The van der Waals surface area contributed by atoms with Crippen molar-refractivity contribution < 1.29 is 67.7 Å². The number of nitrogens with one attached hydrogen (secondary N) is 1. The van der Waals surface area contributed by atoms with E-state index >= 15 is 4.79 Å². The third kappa shape index (κ3) is 10.7. The number of alkyl carbamates (subject to hydrolysis) is 1. The Labute approximate surface area is 412 Å². The lowest BCUT2D eigenvalue weighted by molar-refractivity contribution is -0.346. The van der Waals surface area contributed by atoms with Crippen molar-refractivity contribution in [2.45, 2.75) is 193 Å². The number of carbonyl (C=O) groups is 5. The number of allylic oxidation sites excluding steroid dienone is 1. The monoisotopic (exact) mass is 974 g/mol. The molecule has 0 spiro atoms. The molecular formula is C55H75NO14. The van der Waals surface area contributed by atoms with Gasteiger partial charge in [0.05, 0.1) is 29.6 Å². The average Bonchev–Trinajstić information content (AvgIpc) is 3.30. The van der Waals surface area contributed by atoms with Crippen LogP contribution >= 0.6 is 0 Å². The second-order valence-electron chi connectivity index (χ2n) is 21.3. The van der Waals surface area contributed by atoms with Crippen LogP contribution in [0, 0.1) is 16.7 Å². The lowest BCUT2D eigenvalue weighted by atomic mass is 9.44. The van der Waals surface area contributed by atoms with Crippen molar-refractivity contribution in [1.82, 2.24) is 5.32 Å². The minimum Gasteiger partial charge on any atom is -0.487 e. The van der Waals surface area contributed by atoms with Crippen molar-refractivity contribution in [3.63, 3.8) is 0 Å². The Bertz CT molecular complexity index is 2270. The number of unbranched alkanes of at least 4 members (excludes halogenated alkanes) is 6. The lowest BCUT2D eigenvalue weighted by Crippen LogP contribution is -2.81. The number of Topliss-reactive ketones (excluding diaryl/α,β-unsaturated/α-hetero) is 1. The van der Waals surface area contributed by atoms with Gasteiger partial charge < -0.3 is 49.1 Å². The smallest absolute Gasteiger partial charge is 0.408 e. The zero-order valence-electron chi connectivity index (χ0n) is 42.6. The second-order valence-corrected chi connectivity index (χ2v) is 21.3. The highest BCUT2D eigenvalue weighted by Crippen LogP contribution is 2.64. The van der Waals surface area contributed by atoms with Gasteiger partial charge in [0.2, 0.25) is 0 Å². The van der Waals surface area contributed by atoms with Gasteiger partial charge in [0.15, 0.2) is 17.5 Å². The van der Waals surface area contributed by atoms with E-state index in [9.17, 15) is 34.5 Å². The number of hydrogen-bond donors (Lipinski definition) is 4. The van der Waals surface area contributed by atoms with Gasteiger partial charge in [-0.2, -0.15) is 0 Å². The van der Waals surface area contributed by atoms with E-state index in [4.69, 9.17) is 28.4 Å². The van der Waals surface area contributed by atoms with Crippen LogP contribution in [-0.2, 0) is 42.8 Å². The van der Waals surface area contributed by atoms with E-state index in [0.29, 0.717) is 17.6 Å². The molecule has 384 valence electrons. The van der Waals surface area contributed by atoms with Gasteiger partial charge >= 0.3 is 24.0 Å². The van der Waals surface area contributed by atoms with Crippen molar-refractivity contribution in [2.24, 2.45) is 16.7 Å². The molecule has 15 heteroatoms. The third-order valence-corrected chi connectivity index (χ3v) is 15.1. The molecule has 2 aromatic rings. The largest absolute Gasteiger partial charge is 0.487 e. The van der Waals surface area contributed by atoms with Gasteiger partial charge in [-0.05, 0) is 82.9 Å². The van der Waals surface area contributed by atoms with E-state index < -0.39 is 106 Å². The van der Waals surface area contributed by atoms with Crippen LogP contribution in [-0.4, -0.2) is 105 Å².